The van der Waals surface area contributed by atoms with Gasteiger partial charge in [0.1, 0.15) is 0 Å². The van der Waals surface area contributed by atoms with Gasteiger partial charge in [0.2, 0.25) is 0 Å². The maximum atomic E-state index is 4.52. The highest BCUT2D eigenvalue weighted by molar-refractivity contribution is 5.48. The third-order valence-corrected chi connectivity index (χ3v) is 4.43. The Bertz CT molecular complexity index is 583. The van der Waals surface area contributed by atoms with Crippen LogP contribution in [0.2, 0.25) is 0 Å². The summed E-state index contributed by atoms with van der Waals surface area (Å²) in [6.45, 7) is 6.64. The van der Waals surface area contributed by atoms with Crippen molar-refractivity contribution in [3.63, 3.8) is 0 Å². The lowest BCUT2D eigenvalue weighted by Gasteiger charge is -2.19. The summed E-state index contributed by atoms with van der Waals surface area (Å²) in [6.07, 6.45) is 9.19. The third-order valence-electron chi connectivity index (χ3n) is 4.43. The second-order valence-corrected chi connectivity index (χ2v) is 6.32. The summed E-state index contributed by atoms with van der Waals surface area (Å²) in [5.74, 6) is 0. The molecule has 1 unspecified atom stereocenters. The maximum absolute atomic E-state index is 4.52. The van der Waals surface area contributed by atoms with Crippen molar-refractivity contribution >= 4 is 5.69 Å². The summed E-state index contributed by atoms with van der Waals surface area (Å²) in [4.78, 5) is 0. The van der Waals surface area contributed by atoms with Crippen LogP contribution in [-0.4, -0.2) is 9.78 Å². The first-order valence-corrected chi connectivity index (χ1v) is 9.05. The first-order chi connectivity index (χ1) is 11.2. The molecule has 1 aromatic carbocycles. The van der Waals surface area contributed by atoms with Crippen molar-refractivity contribution < 1.29 is 0 Å². The summed E-state index contributed by atoms with van der Waals surface area (Å²) in [5.41, 5.74) is 5.11. The zero-order valence-corrected chi connectivity index (χ0v) is 15.1. The smallest absolute Gasteiger partial charge is 0.0853 e. The molecule has 0 aliphatic heterocycles. The van der Waals surface area contributed by atoms with E-state index < -0.39 is 0 Å². The molecule has 0 saturated carbocycles. The van der Waals surface area contributed by atoms with E-state index in [1.165, 1.54) is 36.8 Å². The lowest BCUT2D eigenvalue weighted by atomic mass is 10.00. The van der Waals surface area contributed by atoms with Crippen molar-refractivity contribution in [1.82, 2.24) is 9.78 Å². The van der Waals surface area contributed by atoms with Gasteiger partial charge in [-0.2, -0.15) is 5.10 Å². The quantitative estimate of drug-likeness (QED) is 0.638. The summed E-state index contributed by atoms with van der Waals surface area (Å²) >= 11 is 0. The lowest BCUT2D eigenvalue weighted by Crippen LogP contribution is -2.10. The molecule has 1 N–H and O–H groups in total. The van der Waals surface area contributed by atoms with Crippen LogP contribution in [0.5, 0.6) is 0 Å². The highest BCUT2D eigenvalue weighted by Gasteiger charge is 2.13. The van der Waals surface area contributed by atoms with Crippen LogP contribution in [0.25, 0.3) is 0 Å². The van der Waals surface area contributed by atoms with Crippen molar-refractivity contribution in [3.8, 4) is 0 Å². The van der Waals surface area contributed by atoms with Crippen LogP contribution in [0, 0.1) is 0 Å². The molecule has 0 bridgehead atoms. The molecule has 1 aromatic heterocycles. The van der Waals surface area contributed by atoms with Gasteiger partial charge in [0, 0.05) is 13.2 Å². The Labute approximate surface area is 141 Å². The molecular formula is C20H31N3. The van der Waals surface area contributed by atoms with Gasteiger partial charge in [-0.3, -0.25) is 4.68 Å². The van der Waals surface area contributed by atoms with Crippen LogP contribution in [0.1, 0.15) is 69.3 Å². The number of hydrogen-bond donors (Lipinski definition) is 1. The zero-order chi connectivity index (χ0) is 16.7. The van der Waals surface area contributed by atoms with E-state index in [1.807, 2.05) is 11.7 Å². The molecule has 0 aliphatic carbocycles. The minimum atomic E-state index is 0.342. The number of anilines is 1. The van der Waals surface area contributed by atoms with E-state index >= 15 is 0 Å². The topological polar surface area (TPSA) is 29.9 Å². The molecule has 0 amide bonds. The average Bonchev–Trinajstić information content (AvgIpc) is 2.93. The molecular weight excluding hydrogens is 282 g/mol. The normalized spacial score (nSPS) is 12.3. The van der Waals surface area contributed by atoms with Gasteiger partial charge in [-0.05, 0) is 36.8 Å². The minimum absolute atomic E-state index is 0.342. The minimum Gasteiger partial charge on any atom is -0.375 e. The number of nitrogens with one attached hydrogen (secondary N) is 1. The molecule has 2 aromatic rings. The Balaban J connectivity index is 2.05. The van der Waals surface area contributed by atoms with Crippen molar-refractivity contribution in [2.24, 2.45) is 7.05 Å². The fourth-order valence-electron chi connectivity index (χ4n) is 3.02. The van der Waals surface area contributed by atoms with E-state index in [1.54, 1.807) is 0 Å². The van der Waals surface area contributed by atoms with E-state index in [0.717, 1.165) is 24.2 Å². The molecule has 0 aliphatic rings. The molecule has 2 rings (SSSR count). The molecule has 3 heteroatoms. The number of unbranched alkanes of at least 4 members (excludes halogenated alkanes) is 2. The van der Waals surface area contributed by atoms with E-state index in [-0.39, 0.29) is 0 Å². The predicted molar refractivity (Wildman–Crippen MR) is 98.9 cm³/mol. The molecule has 3 nitrogen and oxygen atoms in total. The molecule has 0 saturated heterocycles. The Morgan fingerprint density at radius 1 is 1.09 bits per heavy atom. The van der Waals surface area contributed by atoms with Gasteiger partial charge in [0.05, 0.1) is 17.4 Å². The van der Waals surface area contributed by atoms with Crippen molar-refractivity contribution in [1.29, 1.82) is 0 Å². The van der Waals surface area contributed by atoms with Crippen LogP contribution < -0.4 is 5.32 Å². The lowest BCUT2D eigenvalue weighted by molar-refractivity contribution is 0.715. The van der Waals surface area contributed by atoms with E-state index in [9.17, 15) is 0 Å². The van der Waals surface area contributed by atoms with Gasteiger partial charge in [-0.15, -0.1) is 0 Å². The van der Waals surface area contributed by atoms with Crippen LogP contribution in [-0.2, 0) is 19.9 Å². The third kappa shape index (κ3) is 4.85. The summed E-state index contributed by atoms with van der Waals surface area (Å²) < 4.78 is 1.89. The van der Waals surface area contributed by atoms with Crippen molar-refractivity contribution in [2.75, 3.05) is 5.32 Å². The van der Waals surface area contributed by atoms with E-state index in [4.69, 9.17) is 0 Å². The first-order valence-electron chi connectivity index (χ1n) is 9.05. The highest BCUT2D eigenvalue weighted by atomic mass is 15.3. The molecule has 0 radical (unpaired) electrons. The Morgan fingerprint density at radius 2 is 1.83 bits per heavy atom. The number of hydrogen-bond acceptors (Lipinski definition) is 2. The monoisotopic (exact) mass is 313 g/mol. The summed E-state index contributed by atoms with van der Waals surface area (Å²) in [5, 5.41) is 8.19. The summed E-state index contributed by atoms with van der Waals surface area (Å²) in [6, 6.07) is 9.49. The van der Waals surface area contributed by atoms with Crippen molar-refractivity contribution in [3.05, 3.63) is 47.3 Å². The fourth-order valence-corrected chi connectivity index (χ4v) is 3.02. The van der Waals surface area contributed by atoms with Crippen LogP contribution >= 0.6 is 0 Å². The molecule has 1 heterocycles. The van der Waals surface area contributed by atoms with Crippen LogP contribution in [0.3, 0.4) is 0 Å². The molecule has 0 spiro atoms. The second-order valence-electron chi connectivity index (χ2n) is 6.32. The molecule has 1 atom stereocenters. The number of rotatable bonds is 9. The zero-order valence-electron chi connectivity index (χ0n) is 15.1. The number of aromatic nitrogens is 2. The number of benzene rings is 1. The van der Waals surface area contributed by atoms with Gasteiger partial charge in [-0.1, -0.05) is 57.9 Å². The van der Waals surface area contributed by atoms with Crippen molar-refractivity contribution in [2.45, 2.75) is 65.3 Å². The SMILES string of the molecule is CCCCCc1ccc(C(CC)Nc2cn(C)nc2CC)cc1. The van der Waals surface area contributed by atoms with E-state index in [0.29, 0.717) is 6.04 Å². The highest BCUT2D eigenvalue weighted by Crippen LogP contribution is 2.25. The largest absolute Gasteiger partial charge is 0.375 e. The summed E-state index contributed by atoms with van der Waals surface area (Å²) in [7, 11) is 1.98. The predicted octanol–water partition coefficient (Wildman–Crippen LogP) is 5.28. The van der Waals surface area contributed by atoms with E-state index in [2.05, 4.69) is 61.6 Å². The Hall–Kier alpha value is -1.77. The average molecular weight is 313 g/mol. The number of nitrogens with zero attached hydrogens (tertiary/aromatic N) is 2. The Kier molecular flexibility index (Phi) is 6.69. The van der Waals surface area contributed by atoms with Crippen LogP contribution in [0.15, 0.2) is 30.5 Å². The first kappa shape index (κ1) is 17.6. The fraction of sp³-hybridized carbons (Fsp3) is 0.550. The second kappa shape index (κ2) is 8.76. The van der Waals surface area contributed by atoms with Gasteiger partial charge < -0.3 is 5.32 Å². The number of aryl methyl sites for hydroxylation is 3. The molecule has 126 valence electrons. The molecule has 23 heavy (non-hydrogen) atoms. The molecule has 0 fully saturated rings. The maximum Gasteiger partial charge on any atom is 0.0853 e. The van der Waals surface area contributed by atoms with Gasteiger partial charge in [0.25, 0.3) is 0 Å². The van der Waals surface area contributed by atoms with Gasteiger partial charge in [-0.25, -0.2) is 0 Å². The van der Waals surface area contributed by atoms with Crippen LogP contribution in [0.4, 0.5) is 5.69 Å². The van der Waals surface area contributed by atoms with Gasteiger partial charge in [0.15, 0.2) is 0 Å². The standard InChI is InChI=1S/C20H31N3/c1-5-8-9-10-16-11-13-17(14-12-16)18(6-2)21-20-15-23(4)22-19(20)7-3/h11-15,18,21H,5-10H2,1-4H3. The van der Waals surface area contributed by atoms with Gasteiger partial charge >= 0.3 is 0 Å². The Morgan fingerprint density at radius 3 is 2.43 bits per heavy atom.